The molecule has 1 heterocycles. The van der Waals surface area contributed by atoms with Crippen molar-refractivity contribution in [3.63, 3.8) is 0 Å². The molecule has 18 heavy (non-hydrogen) atoms. The van der Waals surface area contributed by atoms with Gasteiger partial charge in [-0.25, -0.2) is 0 Å². The van der Waals surface area contributed by atoms with Crippen LogP contribution in [0.5, 0.6) is 0 Å². The van der Waals surface area contributed by atoms with Crippen LogP contribution < -0.4 is 5.73 Å². The second-order valence-corrected chi connectivity index (χ2v) is 5.20. The number of carbonyl (C=O) groups is 2. The lowest BCUT2D eigenvalue weighted by Crippen LogP contribution is -2.54. The SMILES string of the molecule is CCCC(N)C(=O)N1CCN(C(=O)C(C)C)CC1. The van der Waals surface area contributed by atoms with Crippen LogP contribution in [0.4, 0.5) is 0 Å². The molecule has 0 spiro atoms. The normalized spacial score (nSPS) is 18.1. The van der Waals surface area contributed by atoms with E-state index in [0.717, 1.165) is 12.8 Å². The first-order valence-corrected chi connectivity index (χ1v) is 6.80. The van der Waals surface area contributed by atoms with Gasteiger partial charge < -0.3 is 15.5 Å². The molecule has 0 aromatic rings. The zero-order valence-corrected chi connectivity index (χ0v) is 11.7. The van der Waals surface area contributed by atoms with E-state index in [1.807, 2.05) is 25.7 Å². The van der Waals surface area contributed by atoms with Crippen molar-refractivity contribution < 1.29 is 9.59 Å². The van der Waals surface area contributed by atoms with Crippen molar-refractivity contribution in [3.8, 4) is 0 Å². The van der Waals surface area contributed by atoms with Gasteiger partial charge >= 0.3 is 0 Å². The summed E-state index contributed by atoms with van der Waals surface area (Å²) in [6, 6.07) is -0.387. The number of rotatable bonds is 4. The van der Waals surface area contributed by atoms with Crippen LogP contribution in [0.1, 0.15) is 33.6 Å². The minimum Gasteiger partial charge on any atom is -0.339 e. The number of hydrogen-bond donors (Lipinski definition) is 1. The van der Waals surface area contributed by atoms with Gasteiger partial charge in [0.05, 0.1) is 6.04 Å². The van der Waals surface area contributed by atoms with E-state index in [9.17, 15) is 9.59 Å². The van der Waals surface area contributed by atoms with Gasteiger partial charge in [-0.1, -0.05) is 27.2 Å². The number of nitrogens with zero attached hydrogens (tertiary/aromatic N) is 2. The maximum absolute atomic E-state index is 12.0. The average molecular weight is 255 g/mol. The van der Waals surface area contributed by atoms with Crippen LogP contribution >= 0.6 is 0 Å². The summed E-state index contributed by atoms with van der Waals surface area (Å²) in [5, 5.41) is 0. The number of carbonyl (C=O) groups excluding carboxylic acids is 2. The molecule has 2 amide bonds. The van der Waals surface area contributed by atoms with Crippen molar-refractivity contribution in [1.82, 2.24) is 9.80 Å². The lowest BCUT2D eigenvalue weighted by molar-refractivity contribution is -0.142. The highest BCUT2D eigenvalue weighted by atomic mass is 16.2. The molecule has 1 fully saturated rings. The van der Waals surface area contributed by atoms with Gasteiger partial charge in [0.1, 0.15) is 0 Å². The molecule has 1 unspecified atom stereocenters. The Bertz CT molecular complexity index is 297. The molecule has 1 atom stereocenters. The van der Waals surface area contributed by atoms with Crippen LogP contribution in [0.25, 0.3) is 0 Å². The molecule has 1 rings (SSSR count). The fraction of sp³-hybridized carbons (Fsp3) is 0.846. The molecule has 0 aliphatic carbocycles. The van der Waals surface area contributed by atoms with Crippen LogP contribution in [0.2, 0.25) is 0 Å². The third-order valence-electron chi connectivity index (χ3n) is 3.31. The maximum atomic E-state index is 12.0. The molecule has 0 aromatic carbocycles. The topological polar surface area (TPSA) is 66.6 Å². The zero-order valence-electron chi connectivity index (χ0n) is 11.7. The standard InChI is InChI=1S/C13H25N3O2/c1-4-5-11(14)13(18)16-8-6-15(7-9-16)12(17)10(2)3/h10-11H,4-9,14H2,1-3H3. The largest absolute Gasteiger partial charge is 0.339 e. The van der Waals surface area contributed by atoms with E-state index in [0.29, 0.717) is 26.2 Å². The smallest absolute Gasteiger partial charge is 0.239 e. The maximum Gasteiger partial charge on any atom is 0.239 e. The second-order valence-electron chi connectivity index (χ2n) is 5.20. The molecule has 5 nitrogen and oxygen atoms in total. The Morgan fingerprint density at radius 3 is 1.89 bits per heavy atom. The Labute approximate surface area is 109 Å². The summed E-state index contributed by atoms with van der Waals surface area (Å²) in [5.41, 5.74) is 5.83. The molecule has 0 radical (unpaired) electrons. The highest BCUT2D eigenvalue weighted by molar-refractivity contribution is 5.82. The lowest BCUT2D eigenvalue weighted by atomic mass is 10.1. The molecule has 104 valence electrons. The second kappa shape index (κ2) is 6.73. The average Bonchev–Trinajstić information content (AvgIpc) is 2.37. The van der Waals surface area contributed by atoms with Crippen molar-refractivity contribution in [2.75, 3.05) is 26.2 Å². The molecule has 1 aliphatic heterocycles. The number of nitrogens with two attached hydrogens (primary N) is 1. The molecule has 2 N–H and O–H groups in total. The number of hydrogen-bond acceptors (Lipinski definition) is 3. The van der Waals surface area contributed by atoms with Crippen molar-refractivity contribution in [2.24, 2.45) is 11.7 Å². The first kappa shape index (κ1) is 15.0. The summed E-state index contributed by atoms with van der Waals surface area (Å²) in [6.07, 6.45) is 1.64. The van der Waals surface area contributed by atoms with Crippen LogP contribution in [-0.4, -0.2) is 53.8 Å². The summed E-state index contributed by atoms with van der Waals surface area (Å²) in [4.78, 5) is 27.4. The summed E-state index contributed by atoms with van der Waals surface area (Å²) in [5.74, 6) is 0.211. The Balaban J connectivity index is 2.44. The van der Waals surface area contributed by atoms with Crippen molar-refractivity contribution in [3.05, 3.63) is 0 Å². The van der Waals surface area contributed by atoms with Gasteiger partial charge in [-0.15, -0.1) is 0 Å². The predicted molar refractivity (Wildman–Crippen MR) is 70.9 cm³/mol. The Morgan fingerprint density at radius 2 is 1.50 bits per heavy atom. The van der Waals surface area contributed by atoms with Crippen molar-refractivity contribution in [2.45, 2.75) is 39.7 Å². The summed E-state index contributed by atoms with van der Waals surface area (Å²) >= 11 is 0. The highest BCUT2D eigenvalue weighted by Gasteiger charge is 2.27. The fourth-order valence-corrected chi connectivity index (χ4v) is 2.18. The van der Waals surface area contributed by atoms with E-state index in [4.69, 9.17) is 5.73 Å². The Hall–Kier alpha value is -1.10. The molecule has 1 saturated heterocycles. The van der Waals surface area contributed by atoms with Gasteiger partial charge in [-0.05, 0) is 6.42 Å². The monoisotopic (exact) mass is 255 g/mol. The van der Waals surface area contributed by atoms with Crippen LogP contribution in [0, 0.1) is 5.92 Å². The van der Waals surface area contributed by atoms with Gasteiger partial charge in [0.15, 0.2) is 0 Å². The first-order chi connectivity index (χ1) is 8.47. The predicted octanol–water partition coefficient (Wildman–Crippen LogP) is 0.441. The first-order valence-electron chi connectivity index (χ1n) is 6.80. The van der Waals surface area contributed by atoms with Gasteiger partial charge in [-0.3, -0.25) is 9.59 Å². The third-order valence-corrected chi connectivity index (χ3v) is 3.31. The van der Waals surface area contributed by atoms with E-state index in [1.54, 1.807) is 4.90 Å². The van der Waals surface area contributed by atoms with E-state index in [-0.39, 0.29) is 23.8 Å². The Kier molecular flexibility index (Phi) is 5.59. The third kappa shape index (κ3) is 3.70. The molecule has 0 aromatic heterocycles. The van der Waals surface area contributed by atoms with Gasteiger partial charge in [-0.2, -0.15) is 0 Å². The highest BCUT2D eigenvalue weighted by Crippen LogP contribution is 2.09. The molecule has 0 bridgehead atoms. The molecule has 1 aliphatic rings. The van der Waals surface area contributed by atoms with Crippen LogP contribution in [0.3, 0.4) is 0 Å². The summed E-state index contributed by atoms with van der Waals surface area (Å²) in [7, 11) is 0. The van der Waals surface area contributed by atoms with Crippen molar-refractivity contribution >= 4 is 11.8 Å². The van der Waals surface area contributed by atoms with Crippen molar-refractivity contribution in [1.29, 1.82) is 0 Å². The van der Waals surface area contributed by atoms with E-state index in [2.05, 4.69) is 0 Å². The van der Waals surface area contributed by atoms with Crippen LogP contribution in [0.15, 0.2) is 0 Å². The van der Waals surface area contributed by atoms with E-state index < -0.39 is 0 Å². The molecular weight excluding hydrogens is 230 g/mol. The zero-order chi connectivity index (χ0) is 13.7. The van der Waals surface area contributed by atoms with E-state index >= 15 is 0 Å². The van der Waals surface area contributed by atoms with Gasteiger partial charge in [0, 0.05) is 32.1 Å². The minimum absolute atomic E-state index is 0.0218. The summed E-state index contributed by atoms with van der Waals surface area (Å²) in [6.45, 7) is 8.28. The van der Waals surface area contributed by atoms with Crippen LogP contribution in [-0.2, 0) is 9.59 Å². The minimum atomic E-state index is -0.387. The summed E-state index contributed by atoms with van der Waals surface area (Å²) < 4.78 is 0. The lowest BCUT2D eigenvalue weighted by Gasteiger charge is -2.36. The van der Waals surface area contributed by atoms with E-state index in [1.165, 1.54) is 0 Å². The molecular formula is C13H25N3O2. The molecule has 0 saturated carbocycles. The Morgan fingerprint density at radius 1 is 1.06 bits per heavy atom. The quantitative estimate of drug-likeness (QED) is 0.792. The molecule has 5 heteroatoms. The van der Waals surface area contributed by atoms with Gasteiger partial charge in [0.25, 0.3) is 0 Å². The number of amides is 2. The van der Waals surface area contributed by atoms with Gasteiger partial charge in [0.2, 0.25) is 11.8 Å². The fourth-order valence-electron chi connectivity index (χ4n) is 2.18. The number of piperazine rings is 1.